The van der Waals surface area contributed by atoms with Crippen molar-refractivity contribution in [2.24, 2.45) is 5.41 Å². The predicted molar refractivity (Wildman–Crippen MR) is 165 cm³/mol. The molecule has 3 rings (SSSR count). The molecule has 0 unspecified atom stereocenters. The second-order valence-corrected chi connectivity index (χ2v) is 12.7. The first-order valence-electron chi connectivity index (χ1n) is 13.4. The molecule has 3 aromatic carbocycles. The molecule has 3 nitrogen and oxygen atoms in total. The van der Waals surface area contributed by atoms with Gasteiger partial charge in [0.25, 0.3) is 0 Å². The van der Waals surface area contributed by atoms with Crippen molar-refractivity contribution in [1.82, 2.24) is 0 Å². The highest BCUT2D eigenvalue weighted by molar-refractivity contribution is 9.10. The first-order valence-corrected chi connectivity index (χ1v) is 14.7. The van der Waals surface area contributed by atoms with Gasteiger partial charge in [-0.25, -0.2) is 0 Å². The molecule has 0 aromatic heterocycles. The molecule has 0 aliphatic heterocycles. The van der Waals surface area contributed by atoms with E-state index in [0.29, 0.717) is 37.8 Å². The van der Waals surface area contributed by atoms with Gasteiger partial charge in [-0.2, -0.15) is 0 Å². The minimum atomic E-state index is -0.130. The molecule has 204 valence electrons. The number of ether oxygens (including phenoxy) is 1. The summed E-state index contributed by atoms with van der Waals surface area (Å²) in [5, 5.41) is 0. The Morgan fingerprint density at radius 3 is 2.16 bits per heavy atom. The number of nitrogens with zero attached hydrogens (tertiary/aromatic N) is 1. The maximum absolute atomic E-state index is 13.9. The molecule has 0 saturated heterocycles. The molecule has 38 heavy (non-hydrogen) atoms. The van der Waals surface area contributed by atoms with E-state index in [2.05, 4.69) is 101 Å². The first kappa shape index (κ1) is 30.2. The molecule has 0 spiro atoms. The van der Waals surface area contributed by atoms with Crippen LogP contribution in [0.2, 0.25) is 0 Å². The summed E-state index contributed by atoms with van der Waals surface area (Å²) in [5.74, 6) is 1.80. The van der Waals surface area contributed by atoms with Gasteiger partial charge in [0.1, 0.15) is 12.4 Å². The lowest BCUT2D eigenvalue weighted by Gasteiger charge is -2.32. The van der Waals surface area contributed by atoms with Crippen LogP contribution in [0, 0.1) is 19.3 Å². The van der Waals surface area contributed by atoms with Crippen molar-refractivity contribution in [2.45, 2.75) is 73.8 Å². The minimum Gasteiger partial charge on any atom is -0.491 e. The number of amides is 1. The standard InChI is InChI=1S/C33H41BrClNO2/c1-22(2)27-15-13-25(14-16-27)19-28-23(3)31(24(4)30(34)32(28)38-18-17-35)36(29(37)20-33(5,6)7)21-26-11-9-8-10-12-26/h8-16,22H,17-21H2,1-7H3. The SMILES string of the molecule is Cc1c(Br)c(OCCCl)c(Cc2ccc(C(C)C)cc2)c(C)c1N(Cc1ccccc1)C(=O)CC(C)(C)C. The molecule has 0 aliphatic rings. The van der Waals surface area contributed by atoms with Gasteiger partial charge in [-0.3, -0.25) is 4.79 Å². The van der Waals surface area contributed by atoms with E-state index >= 15 is 0 Å². The molecular formula is C33H41BrClNO2. The second kappa shape index (κ2) is 13.2. The van der Waals surface area contributed by atoms with E-state index in [1.807, 2.05) is 23.1 Å². The number of halogens is 2. The van der Waals surface area contributed by atoms with Crippen molar-refractivity contribution in [2.75, 3.05) is 17.4 Å². The van der Waals surface area contributed by atoms with Crippen LogP contribution in [-0.2, 0) is 17.8 Å². The summed E-state index contributed by atoms with van der Waals surface area (Å²) < 4.78 is 7.10. The largest absolute Gasteiger partial charge is 0.491 e. The number of rotatable bonds is 10. The number of hydrogen-bond acceptors (Lipinski definition) is 2. The quantitative estimate of drug-likeness (QED) is 0.218. The summed E-state index contributed by atoms with van der Waals surface area (Å²) in [6.45, 7) is 15.8. The molecule has 0 bridgehead atoms. The fourth-order valence-corrected chi connectivity index (χ4v) is 5.36. The Morgan fingerprint density at radius 2 is 1.61 bits per heavy atom. The van der Waals surface area contributed by atoms with E-state index in [9.17, 15) is 4.79 Å². The van der Waals surface area contributed by atoms with E-state index in [0.717, 1.165) is 38.2 Å². The van der Waals surface area contributed by atoms with E-state index < -0.39 is 0 Å². The van der Waals surface area contributed by atoms with Gasteiger partial charge in [0.15, 0.2) is 0 Å². The van der Waals surface area contributed by atoms with Crippen LogP contribution in [0.1, 0.15) is 80.3 Å². The maximum atomic E-state index is 13.9. The summed E-state index contributed by atoms with van der Waals surface area (Å²) in [7, 11) is 0. The number of hydrogen-bond donors (Lipinski definition) is 0. The van der Waals surface area contributed by atoms with Crippen molar-refractivity contribution >= 4 is 39.1 Å². The molecule has 0 heterocycles. The average Bonchev–Trinajstić information content (AvgIpc) is 2.86. The number of anilines is 1. The Labute approximate surface area is 242 Å². The van der Waals surface area contributed by atoms with E-state index in [1.165, 1.54) is 11.1 Å². The highest BCUT2D eigenvalue weighted by atomic mass is 79.9. The summed E-state index contributed by atoms with van der Waals surface area (Å²) >= 11 is 9.87. The Balaban J connectivity index is 2.18. The Morgan fingerprint density at radius 1 is 0.974 bits per heavy atom. The zero-order chi connectivity index (χ0) is 28.0. The molecule has 0 radical (unpaired) electrons. The Hall–Kier alpha value is -2.30. The lowest BCUT2D eigenvalue weighted by Crippen LogP contribution is -2.34. The fourth-order valence-electron chi connectivity index (χ4n) is 4.74. The minimum absolute atomic E-state index is 0.112. The van der Waals surface area contributed by atoms with Crippen LogP contribution in [0.15, 0.2) is 59.1 Å². The summed E-state index contributed by atoms with van der Waals surface area (Å²) in [4.78, 5) is 15.8. The number of alkyl halides is 1. The van der Waals surface area contributed by atoms with Gasteiger partial charge in [0.05, 0.1) is 22.6 Å². The van der Waals surface area contributed by atoms with Crippen molar-refractivity contribution in [3.8, 4) is 5.75 Å². The topological polar surface area (TPSA) is 29.5 Å². The zero-order valence-corrected chi connectivity index (χ0v) is 26.2. The predicted octanol–water partition coefficient (Wildman–Crippen LogP) is 9.37. The second-order valence-electron chi connectivity index (χ2n) is 11.5. The van der Waals surface area contributed by atoms with Gasteiger partial charge in [-0.05, 0) is 68.9 Å². The van der Waals surface area contributed by atoms with Crippen molar-refractivity contribution in [1.29, 1.82) is 0 Å². The van der Waals surface area contributed by atoms with Crippen molar-refractivity contribution in [3.05, 3.63) is 92.5 Å². The molecule has 0 fully saturated rings. The third kappa shape index (κ3) is 7.64. The first-order chi connectivity index (χ1) is 17.9. The van der Waals surface area contributed by atoms with Crippen LogP contribution in [0.5, 0.6) is 5.75 Å². The average molecular weight is 599 g/mol. The third-order valence-corrected chi connectivity index (χ3v) is 7.86. The lowest BCUT2D eigenvalue weighted by molar-refractivity contribution is -0.120. The van der Waals surface area contributed by atoms with Crippen LogP contribution in [0.25, 0.3) is 0 Å². The van der Waals surface area contributed by atoms with Crippen LogP contribution in [-0.4, -0.2) is 18.4 Å². The number of carbonyl (C=O) groups excluding carboxylic acids is 1. The molecular weight excluding hydrogens is 558 g/mol. The fraction of sp³-hybridized carbons (Fsp3) is 0.424. The van der Waals surface area contributed by atoms with Gasteiger partial charge < -0.3 is 9.64 Å². The lowest BCUT2D eigenvalue weighted by atomic mass is 9.90. The Bertz CT molecular complexity index is 1230. The van der Waals surface area contributed by atoms with Crippen LogP contribution in [0.4, 0.5) is 5.69 Å². The molecule has 0 aliphatic carbocycles. The van der Waals surface area contributed by atoms with Gasteiger partial charge in [-0.15, -0.1) is 11.6 Å². The van der Waals surface area contributed by atoms with E-state index in [4.69, 9.17) is 16.3 Å². The molecule has 0 saturated carbocycles. The van der Waals surface area contributed by atoms with Crippen molar-refractivity contribution in [3.63, 3.8) is 0 Å². The highest BCUT2D eigenvalue weighted by Gasteiger charge is 2.29. The summed E-state index contributed by atoms with van der Waals surface area (Å²) in [5.41, 5.74) is 7.55. The van der Waals surface area contributed by atoms with Crippen molar-refractivity contribution < 1.29 is 9.53 Å². The third-order valence-electron chi connectivity index (χ3n) is 6.75. The molecule has 5 heteroatoms. The monoisotopic (exact) mass is 597 g/mol. The maximum Gasteiger partial charge on any atom is 0.227 e. The Kier molecular flexibility index (Phi) is 10.5. The zero-order valence-electron chi connectivity index (χ0n) is 23.8. The summed E-state index contributed by atoms with van der Waals surface area (Å²) in [6.07, 6.45) is 1.15. The molecule has 0 atom stereocenters. The normalized spacial score (nSPS) is 11.6. The van der Waals surface area contributed by atoms with Gasteiger partial charge in [0.2, 0.25) is 5.91 Å². The number of carbonyl (C=O) groups is 1. The van der Waals surface area contributed by atoms with E-state index in [-0.39, 0.29) is 11.3 Å². The van der Waals surface area contributed by atoms with Crippen LogP contribution < -0.4 is 9.64 Å². The molecule has 0 N–H and O–H groups in total. The number of benzene rings is 3. The van der Waals surface area contributed by atoms with E-state index in [1.54, 1.807) is 0 Å². The summed E-state index contributed by atoms with van der Waals surface area (Å²) in [6, 6.07) is 19.0. The van der Waals surface area contributed by atoms with Gasteiger partial charge in [0, 0.05) is 18.4 Å². The van der Waals surface area contributed by atoms with Crippen LogP contribution >= 0.6 is 27.5 Å². The molecule has 3 aromatic rings. The van der Waals surface area contributed by atoms with Crippen LogP contribution in [0.3, 0.4) is 0 Å². The molecule has 1 amide bonds. The van der Waals surface area contributed by atoms with Gasteiger partial charge in [-0.1, -0.05) is 89.2 Å². The highest BCUT2D eigenvalue weighted by Crippen LogP contribution is 2.44. The van der Waals surface area contributed by atoms with Gasteiger partial charge >= 0.3 is 0 Å². The smallest absolute Gasteiger partial charge is 0.227 e.